The van der Waals surface area contributed by atoms with Gasteiger partial charge in [0.05, 0.1) is 17.2 Å². The molecule has 5 rings (SSSR count). The zero-order valence-corrected chi connectivity index (χ0v) is 19.0. The van der Waals surface area contributed by atoms with Crippen molar-refractivity contribution >= 4 is 10.0 Å². The predicted octanol–water partition coefficient (Wildman–Crippen LogP) is 3.39. The molecule has 0 saturated carbocycles. The van der Waals surface area contributed by atoms with Crippen LogP contribution in [0.2, 0.25) is 0 Å². The number of aryl methyl sites for hydroxylation is 1. The van der Waals surface area contributed by atoms with Crippen molar-refractivity contribution in [3.63, 3.8) is 0 Å². The molecule has 2 saturated heterocycles. The second kappa shape index (κ2) is 8.19. The fraction of sp³-hybridized carbons (Fsp3) is 0.542. The Balaban J connectivity index is 1.33. The second-order valence-corrected chi connectivity index (χ2v) is 11.3. The van der Waals surface area contributed by atoms with Gasteiger partial charge in [-0.15, -0.1) is 0 Å². The molecule has 1 spiro atoms. The highest BCUT2D eigenvalue weighted by Crippen LogP contribution is 2.40. The van der Waals surface area contributed by atoms with Crippen LogP contribution in [-0.2, 0) is 23.0 Å². The zero-order valence-electron chi connectivity index (χ0n) is 18.2. The summed E-state index contributed by atoms with van der Waals surface area (Å²) in [6.07, 6.45) is 4.99. The molecule has 3 aliphatic heterocycles. The summed E-state index contributed by atoms with van der Waals surface area (Å²) in [4.78, 5) is 7.54. The topological polar surface area (TPSA) is 62.7 Å². The van der Waals surface area contributed by atoms with Crippen LogP contribution in [0, 0.1) is 12.3 Å². The smallest absolute Gasteiger partial charge is 0.243 e. The van der Waals surface area contributed by atoms with E-state index in [1.165, 1.54) is 0 Å². The average molecular weight is 442 g/mol. The Kier molecular flexibility index (Phi) is 5.52. The van der Waals surface area contributed by atoms with Gasteiger partial charge in [-0.2, -0.15) is 4.31 Å². The summed E-state index contributed by atoms with van der Waals surface area (Å²) in [6, 6.07) is 11.5. The number of aromatic nitrogens is 1. The van der Waals surface area contributed by atoms with Crippen LogP contribution in [0.1, 0.15) is 42.6 Å². The van der Waals surface area contributed by atoms with E-state index in [2.05, 4.69) is 22.0 Å². The lowest BCUT2D eigenvalue weighted by molar-refractivity contribution is 0.0356. The highest BCUT2D eigenvalue weighted by atomic mass is 32.2. The summed E-state index contributed by atoms with van der Waals surface area (Å²) in [7, 11) is -3.49. The molecule has 7 heteroatoms. The SMILES string of the molecule is Cc1cccc(CN2CCCC3(CCCN(S(=O)(=O)c4ccc5c(c4)CCO5)C3)C2)n1. The molecule has 0 aliphatic carbocycles. The van der Waals surface area contributed by atoms with Crippen molar-refractivity contribution in [3.05, 3.63) is 53.3 Å². The number of hydrogen-bond acceptors (Lipinski definition) is 5. The molecule has 0 radical (unpaired) electrons. The van der Waals surface area contributed by atoms with E-state index in [1.54, 1.807) is 10.4 Å². The van der Waals surface area contributed by atoms with Crippen molar-refractivity contribution in [1.29, 1.82) is 0 Å². The Morgan fingerprint density at radius 1 is 1.10 bits per heavy atom. The van der Waals surface area contributed by atoms with Gasteiger partial charge in [-0.3, -0.25) is 9.88 Å². The van der Waals surface area contributed by atoms with Crippen molar-refractivity contribution < 1.29 is 13.2 Å². The molecule has 1 atom stereocenters. The maximum absolute atomic E-state index is 13.5. The molecular formula is C24H31N3O3S. The van der Waals surface area contributed by atoms with Gasteiger partial charge in [0.25, 0.3) is 0 Å². The molecule has 4 heterocycles. The summed E-state index contributed by atoms with van der Waals surface area (Å²) in [5.74, 6) is 0.821. The van der Waals surface area contributed by atoms with Crippen molar-refractivity contribution in [1.82, 2.24) is 14.2 Å². The van der Waals surface area contributed by atoms with Gasteiger partial charge in [-0.25, -0.2) is 8.42 Å². The lowest BCUT2D eigenvalue weighted by Crippen LogP contribution is -2.53. The molecule has 3 aliphatic rings. The minimum Gasteiger partial charge on any atom is -0.493 e. The summed E-state index contributed by atoms with van der Waals surface area (Å²) in [5.41, 5.74) is 3.17. The Morgan fingerprint density at radius 3 is 2.77 bits per heavy atom. The predicted molar refractivity (Wildman–Crippen MR) is 120 cm³/mol. The number of likely N-dealkylation sites (tertiary alicyclic amines) is 1. The minimum atomic E-state index is -3.49. The third kappa shape index (κ3) is 4.23. The number of fused-ring (bicyclic) bond motifs is 1. The van der Waals surface area contributed by atoms with E-state index < -0.39 is 10.0 Å². The summed E-state index contributed by atoms with van der Waals surface area (Å²) < 4.78 is 34.3. The molecule has 1 aromatic heterocycles. The largest absolute Gasteiger partial charge is 0.493 e. The molecule has 6 nitrogen and oxygen atoms in total. The molecule has 0 amide bonds. The number of sulfonamides is 1. The highest BCUT2D eigenvalue weighted by molar-refractivity contribution is 7.89. The van der Waals surface area contributed by atoms with E-state index in [-0.39, 0.29) is 5.41 Å². The number of ether oxygens (including phenoxy) is 1. The molecule has 2 aromatic rings. The fourth-order valence-corrected chi connectivity index (χ4v) is 7.18. The van der Waals surface area contributed by atoms with Crippen LogP contribution in [0.25, 0.3) is 0 Å². The van der Waals surface area contributed by atoms with Crippen LogP contribution in [-0.4, -0.2) is 55.4 Å². The molecule has 0 bridgehead atoms. The summed E-state index contributed by atoms with van der Waals surface area (Å²) in [5, 5.41) is 0. The maximum atomic E-state index is 13.5. The minimum absolute atomic E-state index is 0.0350. The van der Waals surface area contributed by atoms with Crippen LogP contribution in [0.3, 0.4) is 0 Å². The highest BCUT2D eigenvalue weighted by Gasteiger charge is 2.42. The number of piperidine rings is 2. The number of benzene rings is 1. The standard InChI is InChI=1S/C24H31N3O3S/c1-19-5-2-6-21(25-19)16-26-12-3-10-24(17-26)11-4-13-27(18-24)31(28,29)22-7-8-23-20(15-22)9-14-30-23/h2,5-8,15H,3-4,9-14,16-18H2,1H3. The fourth-order valence-electron chi connectivity index (χ4n) is 5.54. The van der Waals surface area contributed by atoms with Gasteiger partial charge in [-0.1, -0.05) is 6.07 Å². The van der Waals surface area contributed by atoms with E-state index in [0.717, 1.165) is 74.4 Å². The van der Waals surface area contributed by atoms with Gasteiger partial charge in [-0.05, 0) is 80.5 Å². The molecular weight excluding hydrogens is 410 g/mol. The molecule has 1 unspecified atom stereocenters. The third-order valence-corrected chi connectivity index (χ3v) is 8.84. The summed E-state index contributed by atoms with van der Waals surface area (Å²) in [6.45, 7) is 6.70. The van der Waals surface area contributed by atoms with Crippen LogP contribution in [0.15, 0.2) is 41.3 Å². The van der Waals surface area contributed by atoms with Crippen molar-refractivity contribution in [2.45, 2.75) is 50.5 Å². The van der Waals surface area contributed by atoms with E-state index in [4.69, 9.17) is 4.74 Å². The number of nitrogens with zero attached hydrogens (tertiary/aromatic N) is 3. The van der Waals surface area contributed by atoms with Crippen LogP contribution in [0.5, 0.6) is 5.75 Å². The van der Waals surface area contributed by atoms with Crippen LogP contribution < -0.4 is 4.74 Å². The molecule has 0 N–H and O–H groups in total. The Labute approximate surface area is 185 Å². The second-order valence-electron chi connectivity index (χ2n) is 9.39. The van der Waals surface area contributed by atoms with Gasteiger partial charge in [0.15, 0.2) is 0 Å². The normalized spacial score (nSPS) is 24.8. The van der Waals surface area contributed by atoms with E-state index >= 15 is 0 Å². The van der Waals surface area contributed by atoms with E-state index in [9.17, 15) is 8.42 Å². The van der Waals surface area contributed by atoms with E-state index in [1.807, 2.05) is 25.1 Å². The molecule has 1 aromatic carbocycles. The van der Waals surface area contributed by atoms with Crippen molar-refractivity contribution in [3.8, 4) is 5.75 Å². The maximum Gasteiger partial charge on any atom is 0.243 e. The first-order valence-electron chi connectivity index (χ1n) is 11.3. The van der Waals surface area contributed by atoms with Gasteiger partial charge in [0, 0.05) is 38.3 Å². The Bertz CT molecular complexity index is 1070. The monoisotopic (exact) mass is 441 g/mol. The number of pyridine rings is 1. The van der Waals surface area contributed by atoms with Crippen molar-refractivity contribution in [2.75, 3.05) is 32.8 Å². The number of rotatable bonds is 4. The first-order chi connectivity index (χ1) is 14.9. The van der Waals surface area contributed by atoms with Gasteiger partial charge in [0.2, 0.25) is 10.0 Å². The zero-order chi connectivity index (χ0) is 21.5. The Morgan fingerprint density at radius 2 is 1.94 bits per heavy atom. The molecule has 166 valence electrons. The number of hydrogen-bond donors (Lipinski definition) is 0. The first kappa shape index (κ1) is 20.9. The van der Waals surface area contributed by atoms with E-state index in [0.29, 0.717) is 24.6 Å². The molecule has 31 heavy (non-hydrogen) atoms. The first-order valence-corrected chi connectivity index (χ1v) is 12.8. The van der Waals surface area contributed by atoms with Gasteiger partial charge in [0.1, 0.15) is 5.75 Å². The van der Waals surface area contributed by atoms with Crippen molar-refractivity contribution in [2.24, 2.45) is 5.41 Å². The molecule has 2 fully saturated rings. The van der Waals surface area contributed by atoms with Gasteiger partial charge < -0.3 is 4.74 Å². The lowest BCUT2D eigenvalue weighted by atomic mass is 9.74. The van der Waals surface area contributed by atoms with Crippen LogP contribution in [0.4, 0.5) is 0 Å². The van der Waals surface area contributed by atoms with Gasteiger partial charge >= 0.3 is 0 Å². The lowest BCUT2D eigenvalue weighted by Gasteiger charge is -2.48. The Hall–Kier alpha value is -1.96. The quantitative estimate of drug-likeness (QED) is 0.728. The van der Waals surface area contributed by atoms with Crippen LogP contribution >= 0.6 is 0 Å². The average Bonchev–Trinajstić information content (AvgIpc) is 3.22. The third-order valence-electron chi connectivity index (χ3n) is 7.00. The summed E-state index contributed by atoms with van der Waals surface area (Å²) >= 11 is 0.